The third-order valence-electron chi connectivity index (χ3n) is 2.98. The zero-order valence-corrected chi connectivity index (χ0v) is 9.26. The van der Waals surface area contributed by atoms with Gasteiger partial charge in [-0.3, -0.25) is 4.79 Å². The number of esters is 1. The molecule has 0 radical (unpaired) electrons. The van der Waals surface area contributed by atoms with E-state index in [0.29, 0.717) is 18.9 Å². The molecule has 0 aliphatic carbocycles. The van der Waals surface area contributed by atoms with Crippen molar-refractivity contribution in [3.8, 4) is 0 Å². The van der Waals surface area contributed by atoms with Gasteiger partial charge in [0.15, 0.2) is 0 Å². The molecule has 3 nitrogen and oxygen atoms in total. The van der Waals surface area contributed by atoms with Gasteiger partial charge in [-0.05, 0) is 24.3 Å². The number of rotatable bonds is 3. The van der Waals surface area contributed by atoms with Crippen molar-refractivity contribution in [1.82, 2.24) is 0 Å². The van der Waals surface area contributed by atoms with Crippen molar-refractivity contribution in [2.45, 2.75) is 25.4 Å². The van der Waals surface area contributed by atoms with E-state index in [9.17, 15) is 4.79 Å². The first-order valence-corrected chi connectivity index (χ1v) is 5.71. The molecule has 3 heteroatoms. The second-order valence-electron chi connectivity index (χ2n) is 4.34. The van der Waals surface area contributed by atoms with Gasteiger partial charge < -0.3 is 10.5 Å². The van der Waals surface area contributed by atoms with Crippen LogP contribution < -0.4 is 5.73 Å². The quantitative estimate of drug-likeness (QED) is 0.784. The van der Waals surface area contributed by atoms with E-state index in [1.807, 2.05) is 18.2 Å². The molecule has 0 amide bonds. The number of carbonyl (C=O) groups is 1. The van der Waals surface area contributed by atoms with E-state index in [2.05, 4.69) is 12.1 Å². The Bertz CT molecular complexity index is 350. The van der Waals surface area contributed by atoms with Gasteiger partial charge in [0.2, 0.25) is 0 Å². The Balaban J connectivity index is 1.97. The molecule has 16 heavy (non-hydrogen) atoms. The van der Waals surface area contributed by atoms with Crippen molar-refractivity contribution in [2.24, 2.45) is 11.7 Å². The minimum atomic E-state index is -0.109. The molecule has 1 saturated heterocycles. The minimum absolute atomic E-state index is 0.0880. The first kappa shape index (κ1) is 11.1. The summed E-state index contributed by atoms with van der Waals surface area (Å²) in [5.41, 5.74) is 6.82. The van der Waals surface area contributed by atoms with Gasteiger partial charge in [-0.1, -0.05) is 30.3 Å². The maximum absolute atomic E-state index is 11.4. The highest BCUT2D eigenvalue weighted by molar-refractivity contribution is 5.70. The zero-order valence-electron chi connectivity index (χ0n) is 9.26. The van der Waals surface area contributed by atoms with E-state index < -0.39 is 0 Å². The summed E-state index contributed by atoms with van der Waals surface area (Å²) in [7, 11) is 0. The summed E-state index contributed by atoms with van der Waals surface area (Å²) in [5, 5.41) is 0. The average Bonchev–Trinajstić information content (AvgIpc) is 2.29. The monoisotopic (exact) mass is 219 g/mol. The Morgan fingerprint density at radius 3 is 2.75 bits per heavy atom. The average molecular weight is 219 g/mol. The van der Waals surface area contributed by atoms with Crippen LogP contribution in [0, 0.1) is 5.92 Å². The van der Waals surface area contributed by atoms with E-state index >= 15 is 0 Å². The summed E-state index contributed by atoms with van der Waals surface area (Å²) in [6.45, 7) is 0.428. The Labute approximate surface area is 95.6 Å². The minimum Gasteiger partial charge on any atom is -0.461 e. The predicted octanol–water partition coefficient (Wildman–Crippen LogP) is 1.51. The molecule has 1 aromatic carbocycles. The topological polar surface area (TPSA) is 52.3 Å². The number of cyclic esters (lactones) is 1. The van der Waals surface area contributed by atoms with Crippen LogP contribution in [-0.2, 0) is 16.0 Å². The molecule has 1 fully saturated rings. The van der Waals surface area contributed by atoms with Crippen LogP contribution in [0.2, 0.25) is 0 Å². The lowest BCUT2D eigenvalue weighted by Gasteiger charge is -2.28. The predicted molar refractivity (Wildman–Crippen MR) is 61.8 cm³/mol. The number of carbonyl (C=O) groups excluding carboxylic acids is 1. The molecule has 0 aromatic heterocycles. The van der Waals surface area contributed by atoms with E-state index in [1.54, 1.807) is 0 Å². The van der Waals surface area contributed by atoms with Gasteiger partial charge in [-0.15, -0.1) is 0 Å². The van der Waals surface area contributed by atoms with Crippen LogP contribution in [0.25, 0.3) is 0 Å². The molecule has 0 bridgehead atoms. The van der Waals surface area contributed by atoms with Crippen LogP contribution in [-0.4, -0.2) is 18.6 Å². The lowest BCUT2D eigenvalue weighted by molar-refractivity contribution is -0.156. The smallest absolute Gasteiger partial charge is 0.306 e. The maximum atomic E-state index is 11.4. The second kappa shape index (κ2) is 5.12. The Kier molecular flexibility index (Phi) is 3.57. The Morgan fingerprint density at radius 1 is 1.31 bits per heavy atom. The lowest BCUT2D eigenvalue weighted by Crippen LogP contribution is -2.35. The van der Waals surface area contributed by atoms with Gasteiger partial charge in [-0.2, -0.15) is 0 Å². The van der Waals surface area contributed by atoms with Crippen LogP contribution in [0.3, 0.4) is 0 Å². The number of ether oxygens (including phenoxy) is 1. The largest absolute Gasteiger partial charge is 0.461 e. The van der Waals surface area contributed by atoms with Gasteiger partial charge in [0.1, 0.15) is 6.10 Å². The summed E-state index contributed by atoms with van der Waals surface area (Å²) in [6, 6.07) is 10.2. The summed E-state index contributed by atoms with van der Waals surface area (Å²) >= 11 is 0. The molecular weight excluding hydrogens is 202 g/mol. The Morgan fingerprint density at radius 2 is 2.06 bits per heavy atom. The number of hydrogen-bond acceptors (Lipinski definition) is 3. The van der Waals surface area contributed by atoms with E-state index in [4.69, 9.17) is 10.5 Å². The van der Waals surface area contributed by atoms with Crippen molar-refractivity contribution in [3.05, 3.63) is 35.9 Å². The third-order valence-corrected chi connectivity index (χ3v) is 2.98. The standard InChI is InChI=1S/C13H17NO2/c14-9-12-7-11(8-13(15)16-12)6-10-4-2-1-3-5-10/h1-5,11-12H,6-9,14H2. The molecule has 2 rings (SSSR count). The third kappa shape index (κ3) is 2.83. The van der Waals surface area contributed by atoms with Gasteiger partial charge >= 0.3 is 5.97 Å². The molecule has 0 saturated carbocycles. The number of nitrogens with two attached hydrogens (primary N) is 1. The first-order chi connectivity index (χ1) is 7.78. The highest BCUT2D eigenvalue weighted by Gasteiger charge is 2.27. The summed E-state index contributed by atoms with van der Waals surface area (Å²) in [4.78, 5) is 11.4. The molecule has 2 N–H and O–H groups in total. The summed E-state index contributed by atoms with van der Waals surface area (Å²) in [5.74, 6) is 0.264. The van der Waals surface area contributed by atoms with Gasteiger partial charge in [-0.25, -0.2) is 0 Å². The van der Waals surface area contributed by atoms with Gasteiger partial charge in [0, 0.05) is 13.0 Å². The molecule has 0 spiro atoms. The molecule has 1 aromatic rings. The SMILES string of the molecule is NCC1CC(Cc2ccccc2)CC(=O)O1. The second-order valence-corrected chi connectivity index (χ2v) is 4.34. The van der Waals surface area contributed by atoms with Crippen LogP contribution >= 0.6 is 0 Å². The Hall–Kier alpha value is -1.35. The zero-order chi connectivity index (χ0) is 11.4. The van der Waals surface area contributed by atoms with E-state index in [1.165, 1.54) is 5.56 Å². The van der Waals surface area contributed by atoms with Crippen molar-refractivity contribution in [3.63, 3.8) is 0 Å². The van der Waals surface area contributed by atoms with Gasteiger partial charge in [0.25, 0.3) is 0 Å². The number of benzene rings is 1. The van der Waals surface area contributed by atoms with Crippen molar-refractivity contribution >= 4 is 5.97 Å². The van der Waals surface area contributed by atoms with Crippen molar-refractivity contribution in [2.75, 3.05) is 6.54 Å². The van der Waals surface area contributed by atoms with Crippen molar-refractivity contribution in [1.29, 1.82) is 0 Å². The van der Waals surface area contributed by atoms with Gasteiger partial charge in [0.05, 0.1) is 0 Å². The fourth-order valence-corrected chi connectivity index (χ4v) is 2.22. The van der Waals surface area contributed by atoms with Crippen LogP contribution in [0.15, 0.2) is 30.3 Å². The fraction of sp³-hybridized carbons (Fsp3) is 0.462. The van der Waals surface area contributed by atoms with E-state index in [-0.39, 0.29) is 12.1 Å². The molecule has 1 aliphatic heterocycles. The normalized spacial score (nSPS) is 25.2. The lowest BCUT2D eigenvalue weighted by atomic mass is 9.89. The number of hydrogen-bond donors (Lipinski definition) is 1. The molecular formula is C13H17NO2. The highest BCUT2D eigenvalue weighted by Crippen LogP contribution is 2.24. The van der Waals surface area contributed by atoms with Crippen LogP contribution in [0.5, 0.6) is 0 Å². The molecule has 2 unspecified atom stereocenters. The van der Waals surface area contributed by atoms with Crippen molar-refractivity contribution < 1.29 is 9.53 Å². The molecule has 1 heterocycles. The molecule has 2 atom stereocenters. The van der Waals surface area contributed by atoms with E-state index in [0.717, 1.165) is 12.8 Å². The highest BCUT2D eigenvalue weighted by atomic mass is 16.5. The summed E-state index contributed by atoms with van der Waals surface area (Å²) in [6.07, 6.45) is 2.25. The summed E-state index contributed by atoms with van der Waals surface area (Å²) < 4.78 is 5.14. The first-order valence-electron chi connectivity index (χ1n) is 5.71. The molecule has 86 valence electrons. The molecule has 1 aliphatic rings. The maximum Gasteiger partial charge on any atom is 0.306 e. The fourth-order valence-electron chi connectivity index (χ4n) is 2.22. The van der Waals surface area contributed by atoms with Crippen LogP contribution in [0.1, 0.15) is 18.4 Å². The van der Waals surface area contributed by atoms with Crippen LogP contribution in [0.4, 0.5) is 0 Å².